The van der Waals surface area contributed by atoms with E-state index in [-0.39, 0.29) is 0 Å². The molecule has 0 atom stereocenters. The molecule has 5 rings (SSSR count). The van der Waals surface area contributed by atoms with E-state index < -0.39 is 0 Å². The predicted molar refractivity (Wildman–Crippen MR) is 195 cm³/mol. The van der Waals surface area contributed by atoms with Crippen molar-refractivity contribution in [3.05, 3.63) is 161 Å². The lowest BCUT2D eigenvalue weighted by atomic mass is 9.90. The van der Waals surface area contributed by atoms with Gasteiger partial charge in [0.1, 0.15) is 6.54 Å². The first kappa shape index (κ1) is 31.8. The maximum Gasteiger partial charge on any atom is 0.200 e. The first-order valence-corrected chi connectivity index (χ1v) is 16.5. The molecule has 0 heterocycles. The Morgan fingerprint density at radius 1 is 0.578 bits per heavy atom. The summed E-state index contributed by atoms with van der Waals surface area (Å²) in [6.45, 7) is 16.8. The van der Waals surface area contributed by atoms with E-state index in [0.717, 1.165) is 39.3 Å². The standard InChI is InChI=1S/C42H48N3/c1-6-43(7-2)39-24-18-36(19-25-39)42(37-20-26-40(27-21-37)44(8-3)31-34-15-11-10-12-16-34)38-22-28-41(29-23-38)45(9-4)32-35-17-13-14-33(5)30-35/h10-30H,6-9,31-32H2,1-5H3/q+1. The van der Waals surface area contributed by atoms with Crippen molar-refractivity contribution in [2.24, 2.45) is 0 Å². The molecule has 4 aromatic carbocycles. The third kappa shape index (κ3) is 7.91. The van der Waals surface area contributed by atoms with Crippen LogP contribution in [0.1, 0.15) is 55.5 Å². The molecule has 3 nitrogen and oxygen atoms in total. The van der Waals surface area contributed by atoms with E-state index >= 15 is 0 Å². The quantitative estimate of drug-likeness (QED) is 0.151. The second-order valence-corrected chi connectivity index (χ2v) is 11.7. The fourth-order valence-electron chi connectivity index (χ4n) is 6.21. The molecule has 0 unspecified atom stereocenters. The van der Waals surface area contributed by atoms with Crippen LogP contribution in [0.3, 0.4) is 0 Å². The molecule has 0 saturated heterocycles. The lowest BCUT2D eigenvalue weighted by molar-refractivity contribution is -0.539. The normalized spacial score (nSPS) is 12.4. The minimum absolute atomic E-state index is 0.901. The lowest BCUT2D eigenvalue weighted by Gasteiger charge is -2.24. The molecule has 45 heavy (non-hydrogen) atoms. The number of anilines is 2. The number of allylic oxidation sites excluding steroid dienone is 5. The van der Waals surface area contributed by atoms with Crippen LogP contribution in [0.5, 0.6) is 0 Å². The van der Waals surface area contributed by atoms with Crippen LogP contribution in [0.25, 0.3) is 5.57 Å². The molecule has 4 aromatic rings. The molecular formula is C42H48N3+. The number of hydrogen-bond donors (Lipinski definition) is 0. The van der Waals surface area contributed by atoms with E-state index in [1.807, 2.05) is 0 Å². The summed E-state index contributed by atoms with van der Waals surface area (Å²) in [7, 11) is 0. The van der Waals surface area contributed by atoms with Gasteiger partial charge in [0.2, 0.25) is 0 Å². The SMILES string of the molecule is CCN(CC)c1ccc(C(=C2C=CC(=[N+](CC)Cc3cccc(C)c3)C=C2)c2ccc(N(CC)Cc3ccccc3)cc2)cc1. The molecular weight excluding hydrogens is 546 g/mol. The van der Waals surface area contributed by atoms with Crippen molar-refractivity contribution in [1.29, 1.82) is 0 Å². The fraction of sp³-hybridized carbons (Fsp3) is 0.262. The molecule has 0 aliphatic heterocycles. The molecule has 230 valence electrons. The summed E-state index contributed by atoms with van der Waals surface area (Å²) < 4.78 is 2.44. The predicted octanol–water partition coefficient (Wildman–Crippen LogP) is 9.47. The average molecular weight is 595 g/mol. The van der Waals surface area contributed by atoms with Gasteiger partial charge in [-0.25, -0.2) is 4.58 Å². The van der Waals surface area contributed by atoms with Crippen LogP contribution in [0.4, 0.5) is 11.4 Å². The maximum absolute atomic E-state index is 2.44. The second-order valence-electron chi connectivity index (χ2n) is 11.7. The van der Waals surface area contributed by atoms with Crippen molar-refractivity contribution in [2.75, 3.05) is 36.0 Å². The van der Waals surface area contributed by atoms with Gasteiger partial charge in [-0.05, 0) is 105 Å². The first-order chi connectivity index (χ1) is 22.0. The molecule has 0 N–H and O–H groups in total. The van der Waals surface area contributed by atoms with Gasteiger partial charge in [-0.3, -0.25) is 0 Å². The smallest absolute Gasteiger partial charge is 0.200 e. The van der Waals surface area contributed by atoms with Gasteiger partial charge in [0.15, 0.2) is 12.3 Å². The Morgan fingerprint density at radius 2 is 1.13 bits per heavy atom. The second kappa shape index (κ2) is 15.4. The number of benzene rings is 4. The molecule has 0 saturated carbocycles. The Balaban J connectivity index is 1.50. The highest BCUT2D eigenvalue weighted by atomic mass is 15.1. The van der Waals surface area contributed by atoms with Crippen LogP contribution in [-0.4, -0.2) is 36.5 Å². The number of aryl methyl sites for hydroxylation is 1. The summed E-state index contributed by atoms with van der Waals surface area (Å²) in [5.41, 5.74) is 12.7. The largest absolute Gasteiger partial charge is 0.372 e. The van der Waals surface area contributed by atoms with Crippen LogP contribution < -0.4 is 9.80 Å². The maximum atomic E-state index is 2.44. The Kier molecular flexibility index (Phi) is 10.9. The third-order valence-corrected chi connectivity index (χ3v) is 8.76. The molecule has 1 aliphatic rings. The zero-order valence-electron chi connectivity index (χ0n) is 27.7. The zero-order chi connectivity index (χ0) is 31.6. The zero-order valence-corrected chi connectivity index (χ0v) is 27.7. The van der Waals surface area contributed by atoms with Crippen molar-refractivity contribution in [3.8, 4) is 0 Å². The Hall–Kier alpha value is -4.63. The Labute approximate surface area is 271 Å². The fourth-order valence-corrected chi connectivity index (χ4v) is 6.21. The highest BCUT2D eigenvalue weighted by molar-refractivity contribution is 6.04. The lowest BCUT2D eigenvalue weighted by Crippen LogP contribution is -2.21. The number of nitrogens with zero attached hydrogens (tertiary/aromatic N) is 3. The van der Waals surface area contributed by atoms with Crippen molar-refractivity contribution in [1.82, 2.24) is 0 Å². The van der Waals surface area contributed by atoms with Gasteiger partial charge < -0.3 is 9.80 Å². The van der Waals surface area contributed by atoms with E-state index in [2.05, 4.69) is 176 Å². The van der Waals surface area contributed by atoms with Crippen LogP contribution in [0.2, 0.25) is 0 Å². The molecule has 0 bridgehead atoms. The molecule has 0 fully saturated rings. The van der Waals surface area contributed by atoms with Crippen LogP contribution >= 0.6 is 0 Å². The van der Waals surface area contributed by atoms with E-state index in [1.54, 1.807) is 0 Å². The van der Waals surface area contributed by atoms with E-state index in [1.165, 1.54) is 56.0 Å². The van der Waals surface area contributed by atoms with E-state index in [9.17, 15) is 0 Å². The summed E-state index contributed by atoms with van der Waals surface area (Å²) in [4.78, 5) is 4.83. The van der Waals surface area contributed by atoms with Gasteiger partial charge in [0.25, 0.3) is 0 Å². The van der Waals surface area contributed by atoms with Crippen molar-refractivity contribution >= 4 is 22.7 Å². The van der Waals surface area contributed by atoms with E-state index in [4.69, 9.17) is 0 Å². The van der Waals surface area contributed by atoms with Gasteiger partial charge in [0, 0.05) is 55.3 Å². The first-order valence-electron chi connectivity index (χ1n) is 16.5. The summed E-state index contributed by atoms with van der Waals surface area (Å²) >= 11 is 0. The summed E-state index contributed by atoms with van der Waals surface area (Å²) in [5.74, 6) is 0. The summed E-state index contributed by atoms with van der Waals surface area (Å²) in [6.07, 6.45) is 9.16. The monoisotopic (exact) mass is 594 g/mol. The van der Waals surface area contributed by atoms with Gasteiger partial charge in [0.05, 0.1) is 0 Å². The molecule has 1 aliphatic carbocycles. The average Bonchev–Trinajstić information content (AvgIpc) is 3.09. The van der Waals surface area contributed by atoms with Crippen LogP contribution in [-0.2, 0) is 13.1 Å². The van der Waals surface area contributed by atoms with Gasteiger partial charge in [-0.1, -0.05) is 78.4 Å². The molecule has 0 aromatic heterocycles. The highest BCUT2D eigenvalue weighted by Crippen LogP contribution is 2.32. The topological polar surface area (TPSA) is 9.49 Å². The van der Waals surface area contributed by atoms with Gasteiger partial charge >= 0.3 is 0 Å². The van der Waals surface area contributed by atoms with E-state index in [0.29, 0.717) is 0 Å². The van der Waals surface area contributed by atoms with Crippen LogP contribution in [0, 0.1) is 6.92 Å². The molecule has 0 spiro atoms. The van der Waals surface area contributed by atoms with Gasteiger partial charge in [-0.2, -0.15) is 0 Å². The molecule has 3 heteroatoms. The summed E-state index contributed by atoms with van der Waals surface area (Å²) in [5, 5.41) is 0. The third-order valence-electron chi connectivity index (χ3n) is 8.76. The number of hydrogen-bond acceptors (Lipinski definition) is 2. The Morgan fingerprint density at radius 3 is 1.67 bits per heavy atom. The van der Waals surface area contributed by atoms with Gasteiger partial charge in [-0.15, -0.1) is 0 Å². The van der Waals surface area contributed by atoms with Crippen LogP contribution in [0.15, 0.2) is 133 Å². The van der Waals surface area contributed by atoms with Crippen molar-refractivity contribution in [3.63, 3.8) is 0 Å². The molecule has 0 radical (unpaired) electrons. The summed E-state index contributed by atoms with van der Waals surface area (Å²) in [6, 6.07) is 37.8. The highest BCUT2D eigenvalue weighted by Gasteiger charge is 2.17. The number of rotatable bonds is 12. The van der Waals surface area contributed by atoms with Crippen molar-refractivity contribution in [2.45, 2.75) is 47.7 Å². The molecule has 0 amide bonds. The minimum atomic E-state index is 0.901. The van der Waals surface area contributed by atoms with Crippen molar-refractivity contribution < 1.29 is 4.58 Å². The minimum Gasteiger partial charge on any atom is -0.372 e. The Bertz CT molecular complexity index is 1650.